The third-order valence-corrected chi connectivity index (χ3v) is 7.43. The second-order valence-electron chi connectivity index (χ2n) is 9.30. The van der Waals surface area contributed by atoms with Crippen molar-refractivity contribution in [2.45, 2.75) is 0 Å². The number of aromatic nitrogens is 3. The molecule has 2 N–H and O–H groups in total. The predicted molar refractivity (Wildman–Crippen MR) is 151 cm³/mol. The molecule has 3 aromatic heterocycles. The van der Waals surface area contributed by atoms with Gasteiger partial charge in [-0.3, -0.25) is 4.68 Å². The first-order valence-electron chi connectivity index (χ1n) is 12.2. The minimum absolute atomic E-state index is 1.03. The molecule has 0 aliphatic rings. The highest BCUT2D eigenvalue weighted by molar-refractivity contribution is 6.31. The van der Waals surface area contributed by atoms with E-state index in [1.807, 2.05) is 10.7 Å². The van der Waals surface area contributed by atoms with E-state index in [2.05, 4.69) is 124 Å². The lowest BCUT2D eigenvalue weighted by Crippen LogP contribution is -2.06. The van der Waals surface area contributed by atoms with Gasteiger partial charge in [-0.2, -0.15) is 0 Å². The standard InChI is InChI=1S/C32H22N4/c33-36-26-18-10-7-15-23(26)29-28(36)20-19-27-30(29)32-31(35(27)22-13-5-2-6-14-22)24-16-8-9-17-25(24)34(32)21-11-3-1-4-12-21/h1-20H,33H2. The minimum Gasteiger partial charge on any atom is -0.339 e. The van der Waals surface area contributed by atoms with Crippen molar-refractivity contribution in [1.82, 2.24) is 13.8 Å². The zero-order valence-corrected chi connectivity index (χ0v) is 19.5. The monoisotopic (exact) mass is 462 g/mol. The molecule has 3 heterocycles. The number of fused-ring (bicyclic) bond motifs is 9. The summed E-state index contributed by atoms with van der Waals surface area (Å²) in [5, 5.41) is 4.79. The van der Waals surface area contributed by atoms with Crippen molar-refractivity contribution < 1.29 is 0 Å². The second-order valence-corrected chi connectivity index (χ2v) is 9.30. The summed E-state index contributed by atoms with van der Waals surface area (Å²) >= 11 is 0. The summed E-state index contributed by atoms with van der Waals surface area (Å²) < 4.78 is 6.65. The van der Waals surface area contributed by atoms with Crippen molar-refractivity contribution in [3.05, 3.63) is 121 Å². The Kier molecular flexibility index (Phi) is 3.78. The van der Waals surface area contributed by atoms with Gasteiger partial charge in [-0.15, -0.1) is 0 Å². The molecule has 36 heavy (non-hydrogen) atoms. The molecule has 0 saturated heterocycles. The third kappa shape index (κ3) is 2.38. The fraction of sp³-hybridized carbons (Fsp3) is 0. The maximum Gasteiger partial charge on any atom is 0.0811 e. The number of nitrogens with two attached hydrogens (primary N) is 1. The van der Waals surface area contributed by atoms with Crippen LogP contribution >= 0.6 is 0 Å². The molecular weight excluding hydrogens is 440 g/mol. The molecule has 170 valence electrons. The van der Waals surface area contributed by atoms with Gasteiger partial charge in [0.05, 0.1) is 33.1 Å². The van der Waals surface area contributed by atoms with Crippen molar-refractivity contribution in [3.8, 4) is 11.4 Å². The fourth-order valence-corrected chi connectivity index (χ4v) is 6.00. The molecule has 0 saturated carbocycles. The molecule has 0 unspecified atom stereocenters. The van der Waals surface area contributed by atoms with Gasteiger partial charge in [0, 0.05) is 32.9 Å². The Labute approximate surface area is 207 Å². The van der Waals surface area contributed by atoms with E-state index in [0.29, 0.717) is 0 Å². The van der Waals surface area contributed by atoms with Crippen LogP contribution in [0.3, 0.4) is 0 Å². The molecule has 4 nitrogen and oxygen atoms in total. The summed E-state index contributed by atoms with van der Waals surface area (Å²) in [4.78, 5) is 0. The van der Waals surface area contributed by atoms with Crippen LogP contribution in [0.15, 0.2) is 121 Å². The van der Waals surface area contributed by atoms with E-state index < -0.39 is 0 Å². The van der Waals surface area contributed by atoms with Gasteiger partial charge in [0.2, 0.25) is 0 Å². The van der Waals surface area contributed by atoms with Crippen LogP contribution in [0.2, 0.25) is 0 Å². The molecule has 0 aliphatic heterocycles. The van der Waals surface area contributed by atoms with Crippen molar-refractivity contribution >= 4 is 54.6 Å². The summed E-state index contributed by atoms with van der Waals surface area (Å²) in [6.07, 6.45) is 0. The minimum atomic E-state index is 1.03. The molecule has 0 fully saturated rings. The van der Waals surface area contributed by atoms with E-state index >= 15 is 0 Å². The second kappa shape index (κ2) is 7.03. The number of hydrogen-bond acceptors (Lipinski definition) is 1. The molecule has 0 aliphatic carbocycles. The average molecular weight is 463 g/mol. The molecule has 0 amide bonds. The van der Waals surface area contributed by atoms with Crippen molar-refractivity contribution in [3.63, 3.8) is 0 Å². The van der Waals surface area contributed by atoms with E-state index in [1.54, 1.807) is 0 Å². The highest BCUT2D eigenvalue weighted by Crippen LogP contribution is 2.45. The summed E-state index contributed by atoms with van der Waals surface area (Å²) in [5.41, 5.74) is 9.11. The van der Waals surface area contributed by atoms with Gasteiger partial charge in [-0.25, -0.2) is 0 Å². The summed E-state index contributed by atoms with van der Waals surface area (Å²) in [6.45, 7) is 0. The van der Waals surface area contributed by atoms with Crippen LogP contribution in [0.1, 0.15) is 0 Å². The van der Waals surface area contributed by atoms with E-state index in [1.165, 1.54) is 38.2 Å². The van der Waals surface area contributed by atoms with Crippen molar-refractivity contribution in [2.75, 3.05) is 5.84 Å². The molecule has 0 spiro atoms. The number of rotatable bonds is 2. The van der Waals surface area contributed by atoms with Gasteiger partial charge in [0.15, 0.2) is 0 Å². The van der Waals surface area contributed by atoms with Gasteiger partial charge in [0.25, 0.3) is 0 Å². The Morgan fingerprint density at radius 1 is 0.389 bits per heavy atom. The van der Waals surface area contributed by atoms with Crippen LogP contribution < -0.4 is 5.84 Å². The zero-order valence-electron chi connectivity index (χ0n) is 19.5. The normalized spacial score (nSPS) is 12.0. The molecular formula is C32H22N4. The van der Waals surface area contributed by atoms with Crippen LogP contribution in [-0.4, -0.2) is 13.8 Å². The molecule has 8 rings (SSSR count). The first kappa shape index (κ1) is 19.4. The SMILES string of the molecule is Nn1c2ccccc2c2c3c(ccc21)n(-c1ccccc1)c1c2ccccc2n(-c2ccccc2)c31. The summed E-state index contributed by atoms with van der Waals surface area (Å²) in [6, 6.07) is 42.8. The van der Waals surface area contributed by atoms with E-state index in [-0.39, 0.29) is 0 Å². The number of para-hydroxylation sites is 4. The lowest BCUT2D eigenvalue weighted by atomic mass is 10.1. The maximum absolute atomic E-state index is 6.65. The lowest BCUT2D eigenvalue weighted by molar-refractivity contribution is 1.12. The molecule has 0 bridgehead atoms. The largest absolute Gasteiger partial charge is 0.339 e. The van der Waals surface area contributed by atoms with Gasteiger partial charge in [-0.05, 0) is 48.5 Å². The number of benzene rings is 5. The predicted octanol–water partition coefficient (Wildman–Crippen LogP) is 7.55. The van der Waals surface area contributed by atoms with Crippen LogP contribution in [-0.2, 0) is 0 Å². The first-order valence-corrected chi connectivity index (χ1v) is 12.2. The molecule has 0 radical (unpaired) electrons. The molecule has 5 aromatic carbocycles. The van der Waals surface area contributed by atoms with Gasteiger partial charge in [0.1, 0.15) is 0 Å². The Morgan fingerprint density at radius 2 is 0.917 bits per heavy atom. The average Bonchev–Trinajstić information content (AvgIpc) is 3.55. The Hall–Kier alpha value is -4.96. The zero-order chi connectivity index (χ0) is 23.8. The fourth-order valence-electron chi connectivity index (χ4n) is 6.00. The Morgan fingerprint density at radius 3 is 1.61 bits per heavy atom. The van der Waals surface area contributed by atoms with Gasteiger partial charge >= 0.3 is 0 Å². The Bertz CT molecular complexity index is 2050. The summed E-state index contributed by atoms with van der Waals surface area (Å²) in [7, 11) is 0. The van der Waals surface area contributed by atoms with Crippen LogP contribution in [0.5, 0.6) is 0 Å². The molecule has 4 heteroatoms. The maximum atomic E-state index is 6.65. The van der Waals surface area contributed by atoms with Crippen LogP contribution in [0.4, 0.5) is 0 Å². The van der Waals surface area contributed by atoms with Crippen LogP contribution in [0, 0.1) is 0 Å². The molecule has 0 atom stereocenters. The topological polar surface area (TPSA) is 40.8 Å². The smallest absolute Gasteiger partial charge is 0.0811 e. The first-order chi connectivity index (χ1) is 17.8. The van der Waals surface area contributed by atoms with Crippen molar-refractivity contribution in [2.24, 2.45) is 0 Å². The van der Waals surface area contributed by atoms with E-state index in [9.17, 15) is 0 Å². The summed E-state index contributed by atoms with van der Waals surface area (Å²) in [5.74, 6) is 6.65. The number of nitrogens with zero attached hydrogens (tertiary/aromatic N) is 3. The third-order valence-electron chi connectivity index (χ3n) is 7.43. The van der Waals surface area contributed by atoms with E-state index in [4.69, 9.17) is 5.84 Å². The lowest BCUT2D eigenvalue weighted by Gasteiger charge is -2.09. The highest BCUT2D eigenvalue weighted by Gasteiger charge is 2.25. The van der Waals surface area contributed by atoms with Gasteiger partial charge in [-0.1, -0.05) is 72.8 Å². The number of hydrogen-bond donors (Lipinski definition) is 1. The van der Waals surface area contributed by atoms with Gasteiger partial charge < -0.3 is 15.0 Å². The van der Waals surface area contributed by atoms with Crippen molar-refractivity contribution in [1.29, 1.82) is 0 Å². The Balaban J connectivity index is 1.74. The number of nitrogen functional groups attached to an aromatic ring is 1. The van der Waals surface area contributed by atoms with Crippen LogP contribution in [0.25, 0.3) is 66.0 Å². The highest BCUT2D eigenvalue weighted by atomic mass is 15.3. The molecule has 8 aromatic rings. The van der Waals surface area contributed by atoms with E-state index in [0.717, 1.165) is 27.8 Å². The quantitative estimate of drug-likeness (QED) is 0.265.